The number of likely N-dealkylation sites (N-methyl/N-ethyl adjacent to an activating group) is 2. The van der Waals surface area contributed by atoms with Gasteiger partial charge in [-0.25, -0.2) is 0 Å². The van der Waals surface area contributed by atoms with Crippen molar-refractivity contribution in [2.45, 2.75) is 45.8 Å². The van der Waals surface area contributed by atoms with E-state index >= 15 is 0 Å². The SMILES string of the molecule is CC(C)CNCc1cc(CN(C)CC2CCCN2C)on1. The van der Waals surface area contributed by atoms with Crippen molar-refractivity contribution in [3.8, 4) is 0 Å². The van der Waals surface area contributed by atoms with Gasteiger partial charge in [0, 0.05) is 25.2 Å². The van der Waals surface area contributed by atoms with E-state index in [1.165, 1.54) is 19.4 Å². The average molecular weight is 294 g/mol. The van der Waals surface area contributed by atoms with Crippen LogP contribution < -0.4 is 5.32 Å². The molecule has 1 saturated heterocycles. The lowest BCUT2D eigenvalue weighted by Crippen LogP contribution is -2.36. The van der Waals surface area contributed by atoms with Crippen LogP contribution >= 0.6 is 0 Å². The molecule has 2 heterocycles. The van der Waals surface area contributed by atoms with Crippen LogP contribution in [0.3, 0.4) is 0 Å². The van der Waals surface area contributed by atoms with Gasteiger partial charge in [-0.3, -0.25) is 4.90 Å². The molecule has 1 aliphatic rings. The Bertz CT molecular complexity index is 418. The first-order valence-electron chi connectivity index (χ1n) is 8.08. The largest absolute Gasteiger partial charge is 0.360 e. The normalized spacial score (nSPS) is 20.0. The van der Waals surface area contributed by atoms with E-state index in [0.717, 1.165) is 37.6 Å². The number of likely N-dealkylation sites (tertiary alicyclic amines) is 1. The van der Waals surface area contributed by atoms with Gasteiger partial charge in [-0.2, -0.15) is 0 Å². The second-order valence-corrected chi connectivity index (χ2v) is 6.78. The van der Waals surface area contributed by atoms with Crippen molar-refractivity contribution >= 4 is 0 Å². The molecule has 2 rings (SSSR count). The monoisotopic (exact) mass is 294 g/mol. The van der Waals surface area contributed by atoms with E-state index in [0.29, 0.717) is 12.0 Å². The summed E-state index contributed by atoms with van der Waals surface area (Å²) in [5, 5.41) is 7.53. The van der Waals surface area contributed by atoms with Crippen LogP contribution in [0.25, 0.3) is 0 Å². The van der Waals surface area contributed by atoms with Gasteiger partial charge < -0.3 is 14.7 Å². The lowest BCUT2D eigenvalue weighted by Gasteiger charge is -2.24. The summed E-state index contributed by atoms with van der Waals surface area (Å²) in [6.07, 6.45) is 2.63. The molecule has 1 fully saturated rings. The topological polar surface area (TPSA) is 44.5 Å². The van der Waals surface area contributed by atoms with Crippen LogP contribution in [0, 0.1) is 5.92 Å². The molecule has 0 spiro atoms. The first-order valence-corrected chi connectivity index (χ1v) is 8.08. The van der Waals surface area contributed by atoms with E-state index < -0.39 is 0 Å². The van der Waals surface area contributed by atoms with Gasteiger partial charge in [-0.05, 0) is 45.9 Å². The second kappa shape index (κ2) is 7.92. The molecule has 0 bridgehead atoms. The third-order valence-electron chi connectivity index (χ3n) is 4.09. The number of nitrogens with one attached hydrogen (secondary N) is 1. The molecule has 0 saturated carbocycles. The Hall–Kier alpha value is -0.910. The molecule has 1 aliphatic heterocycles. The smallest absolute Gasteiger partial charge is 0.151 e. The standard InChI is InChI=1S/C16H30N4O/c1-13(2)9-17-10-14-8-16(21-18-14)12-19(3)11-15-6-5-7-20(15)4/h8,13,15,17H,5-7,9-12H2,1-4H3. The van der Waals surface area contributed by atoms with Crippen LogP contribution in [-0.4, -0.2) is 54.7 Å². The number of rotatable bonds is 8. The molecule has 1 N–H and O–H groups in total. The predicted molar refractivity (Wildman–Crippen MR) is 85.0 cm³/mol. The lowest BCUT2D eigenvalue weighted by molar-refractivity contribution is 0.200. The van der Waals surface area contributed by atoms with E-state index in [-0.39, 0.29) is 0 Å². The molecule has 0 aromatic carbocycles. The van der Waals surface area contributed by atoms with E-state index in [1.807, 2.05) is 0 Å². The van der Waals surface area contributed by atoms with Gasteiger partial charge in [-0.15, -0.1) is 0 Å². The number of aromatic nitrogens is 1. The third kappa shape index (κ3) is 5.41. The van der Waals surface area contributed by atoms with Gasteiger partial charge in [-0.1, -0.05) is 19.0 Å². The van der Waals surface area contributed by atoms with Gasteiger partial charge >= 0.3 is 0 Å². The zero-order valence-corrected chi connectivity index (χ0v) is 13.9. The van der Waals surface area contributed by atoms with Crippen molar-refractivity contribution in [3.05, 3.63) is 17.5 Å². The van der Waals surface area contributed by atoms with Crippen LogP contribution in [-0.2, 0) is 13.1 Å². The fraction of sp³-hybridized carbons (Fsp3) is 0.812. The molecule has 0 amide bonds. The van der Waals surface area contributed by atoms with Crippen LogP contribution in [0.4, 0.5) is 0 Å². The van der Waals surface area contributed by atoms with Gasteiger partial charge in [0.15, 0.2) is 5.76 Å². The van der Waals surface area contributed by atoms with E-state index in [2.05, 4.69) is 54.3 Å². The second-order valence-electron chi connectivity index (χ2n) is 6.78. The van der Waals surface area contributed by atoms with E-state index in [9.17, 15) is 0 Å². The van der Waals surface area contributed by atoms with E-state index in [4.69, 9.17) is 4.52 Å². The predicted octanol–water partition coefficient (Wildman–Crippen LogP) is 1.95. The molecular weight excluding hydrogens is 264 g/mol. The van der Waals surface area contributed by atoms with Gasteiger partial charge in [0.05, 0.1) is 12.2 Å². The zero-order chi connectivity index (χ0) is 15.2. The zero-order valence-electron chi connectivity index (χ0n) is 13.9. The molecule has 5 nitrogen and oxygen atoms in total. The summed E-state index contributed by atoms with van der Waals surface area (Å²) in [7, 11) is 4.38. The third-order valence-corrected chi connectivity index (χ3v) is 4.09. The Morgan fingerprint density at radius 2 is 2.33 bits per heavy atom. The van der Waals surface area contributed by atoms with Crippen LogP contribution in [0.15, 0.2) is 10.6 Å². The van der Waals surface area contributed by atoms with Crippen LogP contribution in [0.5, 0.6) is 0 Å². The molecule has 5 heteroatoms. The van der Waals surface area contributed by atoms with Crippen LogP contribution in [0.2, 0.25) is 0 Å². The quantitative estimate of drug-likeness (QED) is 0.794. The molecule has 0 aliphatic carbocycles. The number of hydrogen-bond donors (Lipinski definition) is 1. The highest BCUT2D eigenvalue weighted by atomic mass is 16.5. The fourth-order valence-electron chi connectivity index (χ4n) is 2.90. The maximum atomic E-state index is 5.44. The van der Waals surface area contributed by atoms with Gasteiger partial charge in [0.1, 0.15) is 0 Å². The minimum atomic E-state index is 0.658. The number of nitrogens with zero attached hydrogens (tertiary/aromatic N) is 3. The van der Waals surface area contributed by atoms with Crippen molar-refractivity contribution in [1.82, 2.24) is 20.3 Å². The summed E-state index contributed by atoms with van der Waals surface area (Å²) >= 11 is 0. The molecule has 120 valence electrons. The van der Waals surface area contributed by atoms with Crippen molar-refractivity contribution in [2.24, 2.45) is 5.92 Å². The first-order chi connectivity index (χ1) is 10.0. The maximum absolute atomic E-state index is 5.44. The van der Waals surface area contributed by atoms with Gasteiger partial charge in [0.2, 0.25) is 0 Å². The Morgan fingerprint density at radius 1 is 1.52 bits per heavy atom. The van der Waals surface area contributed by atoms with Crippen LogP contribution in [0.1, 0.15) is 38.1 Å². The fourth-order valence-corrected chi connectivity index (χ4v) is 2.90. The summed E-state index contributed by atoms with van der Waals surface area (Å²) in [5.74, 6) is 1.62. The van der Waals surface area contributed by atoms with Crippen molar-refractivity contribution in [2.75, 3.05) is 33.7 Å². The highest BCUT2D eigenvalue weighted by Crippen LogP contribution is 2.16. The summed E-state index contributed by atoms with van der Waals surface area (Å²) in [6, 6.07) is 2.76. The van der Waals surface area contributed by atoms with Crippen molar-refractivity contribution in [3.63, 3.8) is 0 Å². The minimum Gasteiger partial charge on any atom is -0.360 e. The molecule has 1 unspecified atom stereocenters. The summed E-state index contributed by atoms with van der Waals surface area (Å²) in [6.45, 7) is 9.37. The summed E-state index contributed by atoms with van der Waals surface area (Å²) in [4.78, 5) is 4.79. The Labute approximate surface area is 128 Å². The van der Waals surface area contributed by atoms with Gasteiger partial charge in [0.25, 0.3) is 0 Å². The Morgan fingerprint density at radius 3 is 3.00 bits per heavy atom. The molecular formula is C16H30N4O. The summed E-state index contributed by atoms with van der Waals surface area (Å²) < 4.78 is 5.44. The average Bonchev–Trinajstić information content (AvgIpc) is 3.00. The lowest BCUT2D eigenvalue weighted by atomic mass is 10.2. The molecule has 1 aromatic rings. The molecule has 1 atom stereocenters. The molecule has 21 heavy (non-hydrogen) atoms. The Balaban J connectivity index is 1.73. The maximum Gasteiger partial charge on any atom is 0.151 e. The minimum absolute atomic E-state index is 0.658. The first kappa shape index (κ1) is 16.5. The molecule has 0 radical (unpaired) electrons. The number of hydrogen-bond acceptors (Lipinski definition) is 5. The van der Waals surface area contributed by atoms with Crippen molar-refractivity contribution in [1.29, 1.82) is 0 Å². The van der Waals surface area contributed by atoms with E-state index in [1.54, 1.807) is 0 Å². The van der Waals surface area contributed by atoms with Crippen molar-refractivity contribution < 1.29 is 4.52 Å². The summed E-state index contributed by atoms with van der Waals surface area (Å²) in [5.41, 5.74) is 0.997. The highest BCUT2D eigenvalue weighted by Gasteiger charge is 2.22. The highest BCUT2D eigenvalue weighted by molar-refractivity contribution is 5.05. The Kier molecular flexibility index (Phi) is 6.21. The molecule has 1 aromatic heterocycles.